The SMILES string of the molecule is CC(=O)Nc1cccc(NCc2ccc(Cl)c(Br)c2)c1. The van der Waals surface area contributed by atoms with Gasteiger partial charge < -0.3 is 10.6 Å². The second kappa shape index (κ2) is 6.77. The van der Waals surface area contributed by atoms with Gasteiger partial charge in [-0.05, 0) is 51.8 Å². The van der Waals surface area contributed by atoms with Crippen molar-refractivity contribution in [1.82, 2.24) is 0 Å². The van der Waals surface area contributed by atoms with Gasteiger partial charge in [-0.15, -0.1) is 0 Å². The highest BCUT2D eigenvalue weighted by Crippen LogP contribution is 2.24. The van der Waals surface area contributed by atoms with E-state index in [9.17, 15) is 4.79 Å². The number of nitrogens with one attached hydrogen (secondary N) is 2. The molecule has 0 fully saturated rings. The van der Waals surface area contributed by atoms with Crippen LogP contribution in [0.25, 0.3) is 0 Å². The smallest absolute Gasteiger partial charge is 0.221 e. The molecule has 0 bridgehead atoms. The van der Waals surface area contributed by atoms with E-state index in [4.69, 9.17) is 11.6 Å². The van der Waals surface area contributed by atoms with Gasteiger partial charge in [-0.1, -0.05) is 23.7 Å². The number of halogens is 2. The lowest BCUT2D eigenvalue weighted by molar-refractivity contribution is -0.114. The highest BCUT2D eigenvalue weighted by atomic mass is 79.9. The van der Waals surface area contributed by atoms with Crippen molar-refractivity contribution in [2.24, 2.45) is 0 Å². The Morgan fingerprint density at radius 1 is 1.20 bits per heavy atom. The summed E-state index contributed by atoms with van der Waals surface area (Å²) in [5.74, 6) is -0.0798. The number of rotatable bonds is 4. The van der Waals surface area contributed by atoms with Crippen LogP contribution in [0.4, 0.5) is 11.4 Å². The monoisotopic (exact) mass is 352 g/mol. The predicted molar refractivity (Wildman–Crippen MR) is 87.2 cm³/mol. The van der Waals surface area contributed by atoms with Gasteiger partial charge in [0.05, 0.1) is 5.02 Å². The van der Waals surface area contributed by atoms with E-state index in [0.29, 0.717) is 11.6 Å². The molecule has 0 aromatic heterocycles. The number of benzene rings is 2. The molecule has 1 amide bonds. The van der Waals surface area contributed by atoms with Crippen molar-refractivity contribution >= 4 is 44.8 Å². The zero-order chi connectivity index (χ0) is 14.5. The van der Waals surface area contributed by atoms with Crippen LogP contribution < -0.4 is 10.6 Å². The third-order valence-corrected chi connectivity index (χ3v) is 3.88. The first-order chi connectivity index (χ1) is 9.54. The van der Waals surface area contributed by atoms with Crippen LogP contribution in [0.15, 0.2) is 46.9 Å². The third kappa shape index (κ3) is 4.25. The van der Waals surface area contributed by atoms with Crippen LogP contribution in [0.5, 0.6) is 0 Å². The minimum atomic E-state index is -0.0798. The van der Waals surface area contributed by atoms with Crippen LogP contribution in [0.3, 0.4) is 0 Å². The first kappa shape index (κ1) is 14.9. The Morgan fingerprint density at radius 2 is 1.95 bits per heavy atom. The third-order valence-electron chi connectivity index (χ3n) is 2.66. The number of hydrogen-bond acceptors (Lipinski definition) is 2. The topological polar surface area (TPSA) is 41.1 Å². The number of carbonyl (C=O) groups is 1. The first-order valence-corrected chi connectivity index (χ1v) is 7.27. The maximum absolute atomic E-state index is 11.0. The average molecular weight is 354 g/mol. The average Bonchev–Trinajstić information content (AvgIpc) is 2.40. The summed E-state index contributed by atoms with van der Waals surface area (Å²) in [7, 11) is 0. The maximum Gasteiger partial charge on any atom is 0.221 e. The zero-order valence-electron chi connectivity index (χ0n) is 10.9. The summed E-state index contributed by atoms with van der Waals surface area (Å²) in [6, 6.07) is 13.4. The predicted octanol–water partition coefficient (Wildman–Crippen LogP) is 4.67. The van der Waals surface area contributed by atoms with E-state index in [-0.39, 0.29) is 5.91 Å². The minimum absolute atomic E-state index is 0.0798. The van der Waals surface area contributed by atoms with Gasteiger partial charge in [0.2, 0.25) is 5.91 Å². The summed E-state index contributed by atoms with van der Waals surface area (Å²) in [6.07, 6.45) is 0. The second-order valence-electron chi connectivity index (χ2n) is 4.36. The van der Waals surface area contributed by atoms with Crippen molar-refractivity contribution in [3.05, 3.63) is 57.5 Å². The van der Waals surface area contributed by atoms with Crippen molar-refractivity contribution < 1.29 is 4.79 Å². The molecular weight excluding hydrogens is 340 g/mol. The van der Waals surface area contributed by atoms with Crippen molar-refractivity contribution in [2.75, 3.05) is 10.6 Å². The quantitative estimate of drug-likeness (QED) is 0.838. The van der Waals surface area contributed by atoms with E-state index in [1.807, 2.05) is 42.5 Å². The first-order valence-electron chi connectivity index (χ1n) is 6.10. The molecule has 0 heterocycles. The minimum Gasteiger partial charge on any atom is -0.381 e. The van der Waals surface area contributed by atoms with Crippen LogP contribution in [0, 0.1) is 0 Å². The van der Waals surface area contributed by atoms with Crippen molar-refractivity contribution in [3.8, 4) is 0 Å². The summed E-state index contributed by atoms with van der Waals surface area (Å²) in [5.41, 5.74) is 2.84. The molecule has 2 aromatic carbocycles. The molecule has 20 heavy (non-hydrogen) atoms. The summed E-state index contributed by atoms with van der Waals surface area (Å²) in [6.45, 7) is 2.17. The van der Waals surface area contributed by atoms with Crippen LogP contribution in [0.2, 0.25) is 5.02 Å². The number of amides is 1. The maximum atomic E-state index is 11.0. The molecule has 3 nitrogen and oxygen atoms in total. The fourth-order valence-corrected chi connectivity index (χ4v) is 2.31. The van der Waals surface area contributed by atoms with E-state index in [1.54, 1.807) is 0 Å². The van der Waals surface area contributed by atoms with Gasteiger partial charge in [0.25, 0.3) is 0 Å². The van der Waals surface area contributed by atoms with Crippen molar-refractivity contribution in [2.45, 2.75) is 13.5 Å². The number of hydrogen-bond donors (Lipinski definition) is 2. The van der Waals surface area contributed by atoms with Gasteiger partial charge in [0.1, 0.15) is 0 Å². The molecular formula is C15H14BrClN2O. The molecule has 0 aliphatic carbocycles. The van der Waals surface area contributed by atoms with Gasteiger partial charge in [-0.3, -0.25) is 4.79 Å². The van der Waals surface area contributed by atoms with E-state index < -0.39 is 0 Å². The Balaban J connectivity index is 2.03. The van der Waals surface area contributed by atoms with Gasteiger partial charge in [0, 0.05) is 29.3 Å². The summed E-state index contributed by atoms with van der Waals surface area (Å²) in [4.78, 5) is 11.0. The van der Waals surface area contributed by atoms with Gasteiger partial charge in [-0.25, -0.2) is 0 Å². The summed E-state index contributed by atoms with van der Waals surface area (Å²) < 4.78 is 0.880. The lowest BCUT2D eigenvalue weighted by atomic mass is 10.2. The number of anilines is 2. The van der Waals surface area contributed by atoms with Gasteiger partial charge >= 0.3 is 0 Å². The normalized spacial score (nSPS) is 10.2. The number of carbonyl (C=O) groups excluding carboxylic acids is 1. The molecule has 2 rings (SSSR count). The molecule has 0 unspecified atom stereocenters. The van der Waals surface area contributed by atoms with Crippen LogP contribution >= 0.6 is 27.5 Å². The molecule has 0 aliphatic rings. The molecule has 104 valence electrons. The van der Waals surface area contributed by atoms with Crippen LogP contribution in [-0.2, 0) is 11.3 Å². The lowest BCUT2D eigenvalue weighted by Gasteiger charge is -2.09. The Labute approximate surface area is 131 Å². The van der Waals surface area contributed by atoms with E-state index in [0.717, 1.165) is 21.4 Å². The fraction of sp³-hybridized carbons (Fsp3) is 0.133. The highest BCUT2D eigenvalue weighted by molar-refractivity contribution is 9.10. The van der Waals surface area contributed by atoms with Crippen LogP contribution in [0.1, 0.15) is 12.5 Å². The Morgan fingerprint density at radius 3 is 2.65 bits per heavy atom. The van der Waals surface area contributed by atoms with Gasteiger partial charge in [0.15, 0.2) is 0 Å². The van der Waals surface area contributed by atoms with E-state index >= 15 is 0 Å². The van der Waals surface area contributed by atoms with Crippen LogP contribution in [-0.4, -0.2) is 5.91 Å². The molecule has 0 radical (unpaired) electrons. The zero-order valence-corrected chi connectivity index (χ0v) is 13.3. The Kier molecular flexibility index (Phi) is 5.04. The standard InChI is InChI=1S/C15H14BrClN2O/c1-10(20)19-13-4-2-3-12(8-13)18-9-11-5-6-15(17)14(16)7-11/h2-8,18H,9H2,1H3,(H,19,20). The van der Waals surface area contributed by atoms with Crippen molar-refractivity contribution in [1.29, 1.82) is 0 Å². The van der Waals surface area contributed by atoms with Crippen molar-refractivity contribution in [3.63, 3.8) is 0 Å². The molecule has 0 aliphatic heterocycles. The Bertz CT molecular complexity index is 631. The summed E-state index contributed by atoms with van der Waals surface area (Å²) in [5, 5.41) is 6.76. The lowest BCUT2D eigenvalue weighted by Crippen LogP contribution is -2.06. The molecule has 0 saturated heterocycles. The molecule has 2 N–H and O–H groups in total. The molecule has 5 heteroatoms. The summed E-state index contributed by atoms with van der Waals surface area (Å²) >= 11 is 9.36. The largest absolute Gasteiger partial charge is 0.381 e. The molecule has 0 atom stereocenters. The molecule has 0 saturated carbocycles. The second-order valence-corrected chi connectivity index (χ2v) is 5.63. The van der Waals surface area contributed by atoms with Gasteiger partial charge in [-0.2, -0.15) is 0 Å². The van der Waals surface area contributed by atoms with E-state index in [1.165, 1.54) is 6.92 Å². The highest BCUT2D eigenvalue weighted by Gasteiger charge is 2.01. The fourth-order valence-electron chi connectivity index (χ4n) is 1.76. The Hall–Kier alpha value is -1.52. The molecule has 2 aromatic rings. The van der Waals surface area contributed by atoms with E-state index in [2.05, 4.69) is 26.6 Å². The molecule has 0 spiro atoms.